The highest BCUT2D eigenvalue weighted by Gasteiger charge is 2.32. The van der Waals surface area contributed by atoms with E-state index in [0.717, 1.165) is 24.0 Å². The molecule has 0 radical (unpaired) electrons. The summed E-state index contributed by atoms with van der Waals surface area (Å²) in [6, 6.07) is 2.57. The fourth-order valence-corrected chi connectivity index (χ4v) is 3.87. The maximum absolute atomic E-state index is 3.84. The molecule has 2 nitrogen and oxygen atoms in total. The predicted octanol–water partition coefficient (Wildman–Crippen LogP) is 2.78. The number of nitrogens with zero attached hydrogens (tertiary/aromatic N) is 1. The topological polar surface area (TPSA) is 15.3 Å². The highest BCUT2D eigenvalue weighted by atomic mass is 15.2. The van der Waals surface area contributed by atoms with Crippen molar-refractivity contribution in [2.75, 3.05) is 13.1 Å². The van der Waals surface area contributed by atoms with Crippen LogP contribution in [0, 0.1) is 5.92 Å². The summed E-state index contributed by atoms with van der Waals surface area (Å²) in [5, 5.41) is 3.84. The Morgan fingerprint density at radius 2 is 1.71 bits per heavy atom. The first-order valence-electron chi connectivity index (χ1n) is 7.83. The average Bonchev–Trinajstić information content (AvgIpc) is 3.14. The molecule has 0 amide bonds. The Morgan fingerprint density at radius 1 is 0.882 bits per heavy atom. The zero-order valence-electron chi connectivity index (χ0n) is 11.3. The van der Waals surface area contributed by atoms with Gasteiger partial charge in [0.2, 0.25) is 0 Å². The van der Waals surface area contributed by atoms with Gasteiger partial charge in [0.15, 0.2) is 0 Å². The van der Waals surface area contributed by atoms with Gasteiger partial charge in [-0.1, -0.05) is 19.8 Å². The maximum atomic E-state index is 3.84. The van der Waals surface area contributed by atoms with E-state index in [0.29, 0.717) is 0 Å². The molecule has 0 spiro atoms. The van der Waals surface area contributed by atoms with Crippen LogP contribution >= 0.6 is 0 Å². The molecule has 0 aromatic heterocycles. The Kier molecular flexibility index (Phi) is 3.72. The molecule has 0 aromatic carbocycles. The van der Waals surface area contributed by atoms with Crippen molar-refractivity contribution in [2.24, 2.45) is 5.92 Å². The van der Waals surface area contributed by atoms with E-state index in [1.165, 1.54) is 64.5 Å². The van der Waals surface area contributed by atoms with Crippen molar-refractivity contribution in [2.45, 2.75) is 76.4 Å². The van der Waals surface area contributed by atoms with Gasteiger partial charge in [-0.2, -0.15) is 0 Å². The number of piperidine rings is 1. The quantitative estimate of drug-likeness (QED) is 0.810. The molecule has 2 heteroatoms. The molecule has 0 aromatic rings. The second-order valence-corrected chi connectivity index (χ2v) is 6.60. The number of nitrogens with one attached hydrogen (secondary N) is 1. The predicted molar refractivity (Wildman–Crippen MR) is 72.2 cm³/mol. The lowest BCUT2D eigenvalue weighted by Crippen LogP contribution is -2.52. The van der Waals surface area contributed by atoms with E-state index >= 15 is 0 Å². The lowest BCUT2D eigenvalue weighted by molar-refractivity contribution is 0.0768. The van der Waals surface area contributed by atoms with Gasteiger partial charge in [-0.05, 0) is 51.0 Å². The van der Waals surface area contributed by atoms with Crippen molar-refractivity contribution in [1.29, 1.82) is 0 Å². The number of hydrogen-bond donors (Lipinski definition) is 1. The molecule has 3 unspecified atom stereocenters. The van der Waals surface area contributed by atoms with Crippen LogP contribution in [0.25, 0.3) is 0 Å². The fourth-order valence-electron chi connectivity index (χ4n) is 3.87. The van der Waals surface area contributed by atoms with Gasteiger partial charge in [0.1, 0.15) is 0 Å². The summed E-state index contributed by atoms with van der Waals surface area (Å²) < 4.78 is 0. The van der Waals surface area contributed by atoms with Crippen LogP contribution in [0.3, 0.4) is 0 Å². The first-order chi connectivity index (χ1) is 8.33. The van der Waals surface area contributed by atoms with Crippen molar-refractivity contribution in [1.82, 2.24) is 10.2 Å². The van der Waals surface area contributed by atoms with E-state index in [1.54, 1.807) is 0 Å². The molecule has 2 aliphatic carbocycles. The Balaban J connectivity index is 1.54. The molecule has 3 atom stereocenters. The summed E-state index contributed by atoms with van der Waals surface area (Å²) in [4.78, 5) is 2.81. The summed E-state index contributed by atoms with van der Waals surface area (Å²) in [6.45, 7) is 5.16. The smallest absolute Gasteiger partial charge is 0.0198 e. The van der Waals surface area contributed by atoms with Gasteiger partial charge in [-0.25, -0.2) is 0 Å². The van der Waals surface area contributed by atoms with Gasteiger partial charge >= 0.3 is 0 Å². The monoisotopic (exact) mass is 236 g/mol. The molecule has 1 saturated heterocycles. The molecule has 0 bridgehead atoms. The summed E-state index contributed by atoms with van der Waals surface area (Å²) in [7, 11) is 0. The Hall–Kier alpha value is -0.0800. The van der Waals surface area contributed by atoms with E-state index < -0.39 is 0 Å². The first-order valence-corrected chi connectivity index (χ1v) is 7.83. The summed E-state index contributed by atoms with van der Waals surface area (Å²) in [5.41, 5.74) is 0. The second-order valence-electron chi connectivity index (χ2n) is 6.60. The van der Waals surface area contributed by atoms with E-state index in [2.05, 4.69) is 17.1 Å². The summed E-state index contributed by atoms with van der Waals surface area (Å²) >= 11 is 0. The van der Waals surface area contributed by atoms with Gasteiger partial charge in [-0.15, -0.1) is 0 Å². The molecule has 98 valence electrons. The second kappa shape index (κ2) is 5.27. The van der Waals surface area contributed by atoms with Crippen molar-refractivity contribution in [3.8, 4) is 0 Å². The van der Waals surface area contributed by atoms with Crippen LogP contribution in [-0.4, -0.2) is 36.1 Å². The Morgan fingerprint density at radius 3 is 2.47 bits per heavy atom. The van der Waals surface area contributed by atoms with Crippen LogP contribution in [0.15, 0.2) is 0 Å². The SMILES string of the molecule is CC1CCCCC1N1CCCC(NC2CC2)C1. The molecular formula is C15H28N2. The third-order valence-corrected chi connectivity index (χ3v) is 5.04. The van der Waals surface area contributed by atoms with Gasteiger partial charge in [0, 0.05) is 24.7 Å². The van der Waals surface area contributed by atoms with Crippen molar-refractivity contribution in [3.63, 3.8) is 0 Å². The first kappa shape index (κ1) is 12.0. The third-order valence-electron chi connectivity index (χ3n) is 5.04. The Labute approximate surface area is 106 Å². The van der Waals surface area contributed by atoms with Crippen molar-refractivity contribution < 1.29 is 0 Å². The van der Waals surface area contributed by atoms with Crippen LogP contribution in [0.2, 0.25) is 0 Å². The lowest BCUT2D eigenvalue weighted by Gasteiger charge is -2.43. The number of rotatable bonds is 3. The average molecular weight is 236 g/mol. The minimum atomic E-state index is 0.797. The fraction of sp³-hybridized carbons (Fsp3) is 1.00. The Bertz CT molecular complexity index is 249. The molecular weight excluding hydrogens is 208 g/mol. The minimum Gasteiger partial charge on any atom is -0.310 e. The van der Waals surface area contributed by atoms with Crippen LogP contribution in [0.4, 0.5) is 0 Å². The molecule has 1 heterocycles. The number of hydrogen-bond acceptors (Lipinski definition) is 2. The molecule has 3 rings (SSSR count). The van der Waals surface area contributed by atoms with Crippen LogP contribution < -0.4 is 5.32 Å². The van der Waals surface area contributed by atoms with Crippen LogP contribution in [-0.2, 0) is 0 Å². The van der Waals surface area contributed by atoms with E-state index in [-0.39, 0.29) is 0 Å². The zero-order valence-corrected chi connectivity index (χ0v) is 11.3. The normalized spacial score (nSPS) is 40.4. The third kappa shape index (κ3) is 3.03. The molecule has 3 fully saturated rings. The van der Waals surface area contributed by atoms with Gasteiger partial charge in [0.05, 0.1) is 0 Å². The molecule has 1 N–H and O–H groups in total. The van der Waals surface area contributed by atoms with E-state index in [1.807, 2.05) is 0 Å². The van der Waals surface area contributed by atoms with Gasteiger partial charge in [0.25, 0.3) is 0 Å². The highest BCUT2D eigenvalue weighted by molar-refractivity contribution is 4.91. The zero-order chi connectivity index (χ0) is 11.7. The standard InChI is InChI=1S/C15H28N2/c1-12-5-2-3-7-15(12)17-10-4-6-14(11-17)16-13-8-9-13/h12-16H,2-11H2,1H3. The van der Waals surface area contributed by atoms with Crippen LogP contribution in [0.5, 0.6) is 0 Å². The summed E-state index contributed by atoms with van der Waals surface area (Å²) in [6.07, 6.45) is 11.5. The minimum absolute atomic E-state index is 0.797. The largest absolute Gasteiger partial charge is 0.310 e. The van der Waals surface area contributed by atoms with Crippen LogP contribution in [0.1, 0.15) is 58.3 Å². The van der Waals surface area contributed by atoms with E-state index in [9.17, 15) is 0 Å². The molecule has 17 heavy (non-hydrogen) atoms. The lowest BCUT2D eigenvalue weighted by atomic mass is 9.84. The molecule has 2 saturated carbocycles. The molecule has 3 aliphatic rings. The van der Waals surface area contributed by atoms with E-state index in [4.69, 9.17) is 0 Å². The highest BCUT2D eigenvalue weighted by Crippen LogP contribution is 2.30. The van der Waals surface area contributed by atoms with Crippen molar-refractivity contribution >= 4 is 0 Å². The van der Waals surface area contributed by atoms with Crippen molar-refractivity contribution in [3.05, 3.63) is 0 Å². The van der Waals surface area contributed by atoms with Gasteiger partial charge in [-0.3, -0.25) is 4.90 Å². The molecule has 1 aliphatic heterocycles. The van der Waals surface area contributed by atoms with Gasteiger partial charge < -0.3 is 5.32 Å². The maximum Gasteiger partial charge on any atom is 0.0198 e. The number of likely N-dealkylation sites (tertiary alicyclic amines) is 1. The summed E-state index contributed by atoms with van der Waals surface area (Å²) in [5.74, 6) is 0.934.